The lowest BCUT2D eigenvalue weighted by Gasteiger charge is -2.10. The Hall–Kier alpha value is -1.20. The van der Waals surface area contributed by atoms with Crippen LogP contribution in [-0.2, 0) is 6.54 Å². The lowest BCUT2D eigenvalue weighted by atomic mass is 10.4. The predicted octanol–water partition coefficient (Wildman–Crippen LogP) is 2.72. The average Bonchev–Trinajstić information content (AvgIpc) is 2.86. The minimum Gasteiger partial charge on any atom is -0.353 e. The van der Waals surface area contributed by atoms with Crippen molar-refractivity contribution in [1.29, 1.82) is 0 Å². The van der Waals surface area contributed by atoms with Crippen LogP contribution >= 0.6 is 0 Å². The molecule has 1 aromatic rings. The highest BCUT2D eigenvalue weighted by Gasteiger charge is 2.28. The summed E-state index contributed by atoms with van der Waals surface area (Å²) < 4.78 is 37.8. The normalized spacial score (nSPS) is 16.5. The number of nitrogens with one attached hydrogen (secondary N) is 1. The van der Waals surface area contributed by atoms with E-state index >= 15 is 0 Å². The molecule has 0 aromatic carbocycles. The number of aromatic nitrogens is 2. The molecule has 90 valence electrons. The third-order valence-corrected chi connectivity index (χ3v) is 2.44. The van der Waals surface area contributed by atoms with Crippen molar-refractivity contribution in [3.63, 3.8) is 0 Å². The molecule has 16 heavy (non-hydrogen) atoms. The molecule has 1 aromatic heterocycles. The second kappa shape index (κ2) is 3.99. The molecule has 1 heterocycles. The van der Waals surface area contributed by atoms with Crippen molar-refractivity contribution < 1.29 is 13.2 Å². The number of rotatable bonds is 4. The molecule has 6 heteroatoms. The maximum atomic E-state index is 12.1. The number of alkyl halides is 3. The summed E-state index contributed by atoms with van der Waals surface area (Å²) in [6.45, 7) is 1.71. The molecular formula is C10H14F3N3. The molecule has 1 aliphatic carbocycles. The standard InChI is InChI=1S/C10H14F3N3/c1-7-6-16(5-4-10(11,12)13)9(14-7)15-8-2-3-8/h6,8H,2-5H2,1H3,(H,14,15). The number of halogens is 3. The zero-order chi connectivity index (χ0) is 11.8. The number of imidazole rings is 1. The van der Waals surface area contributed by atoms with Gasteiger partial charge >= 0.3 is 6.18 Å². The van der Waals surface area contributed by atoms with Crippen molar-refractivity contribution in [1.82, 2.24) is 9.55 Å². The van der Waals surface area contributed by atoms with Crippen molar-refractivity contribution in [3.05, 3.63) is 11.9 Å². The van der Waals surface area contributed by atoms with Crippen molar-refractivity contribution in [2.24, 2.45) is 0 Å². The summed E-state index contributed by atoms with van der Waals surface area (Å²) in [4.78, 5) is 4.18. The maximum Gasteiger partial charge on any atom is 0.390 e. The summed E-state index contributed by atoms with van der Waals surface area (Å²) in [5, 5.41) is 3.13. The van der Waals surface area contributed by atoms with Crippen molar-refractivity contribution in [2.45, 2.75) is 44.9 Å². The molecule has 0 bridgehead atoms. The van der Waals surface area contributed by atoms with Gasteiger partial charge in [-0.15, -0.1) is 0 Å². The Kier molecular flexibility index (Phi) is 2.82. The van der Waals surface area contributed by atoms with Crippen LogP contribution in [0.5, 0.6) is 0 Å². The van der Waals surface area contributed by atoms with Crippen molar-refractivity contribution in [2.75, 3.05) is 5.32 Å². The third kappa shape index (κ3) is 3.15. The summed E-state index contributed by atoms with van der Waals surface area (Å²) in [6, 6.07) is 0.395. The summed E-state index contributed by atoms with van der Waals surface area (Å²) >= 11 is 0. The van der Waals surface area contributed by atoms with Crippen LogP contribution in [0, 0.1) is 6.92 Å². The molecule has 0 atom stereocenters. The summed E-state index contributed by atoms with van der Waals surface area (Å²) in [5.41, 5.74) is 0.741. The molecule has 0 aliphatic heterocycles. The molecular weight excluding hydrogens is 219 g/mol. The molecule has 1 fully saturated rings. The van der Waals surface area contributed by atoms with Gasteiger partial charge in [0, 0.05) is 18.8 Å². The van der Waals surface area contributed by atoms with Crippen molar-refractivity contribution >= 4 is 5.95 Å². The van der Waals surface area contributed by atoms with Crippen LogP contribution in [0.1, 0.15) is 25.0 Å². The highest BCUT2D eigenvalue weighted by Crippen LogP contribution is 2.26. The maximum absolute atomic E-state index is 12.1. The first-order valence-electron chi connectivity index (χ1n) is 5.31. The molecule has 0 radical (unpaired) electrons. The van der Waals surface area contributed by atoms with Crippen LogP contribution in [0.4, 0.5) is 19.1 Å². The highest BCUT2D eigenvalue weighted by molar-refractivity contribution is 5.32. The van der Waals surface area contributed by atoms with E-state index in [2.05, 4.69) is 10.3 Å². The van der Waals surface area contributed by atoms with Gasteiger partial charge in [0.25, 0.3) is 0 Å². The Morgan fingerprint density at radius 3 is 2.75 bits per heavy atom. The minimum absolute atomic E-state index is 0.0700. The zero-order valence-electron chi connectivity index (χ0n) is 9.01. The SMILES string of the molecule is Cc1cn(CCC(F)(F)F)c(NC2CC2)n1. The Labute approximate surface area is 91.7 Å². The molecule has 3 nitrogen and oxygen atoms in total. The molecule has 1 saturated carbocycles. The molecule has 0 unspecified atom stereocenters. The Balaban J connectivity index is 2.00. The van der Waals surface area contributed by atoms with Gasteiger partial charge in [-0.25, -0.2) is 4.98 Å². The topological polar surface area (TPSA) is 29.9 Å². The first kappa shape index (κ1) is 11.3. The van der Waals surface area contributed by atoms with Crippen LogP contribution in [0.15, 0.2) is 6.20 Å². The van der Waals surface area contributed by atoms with Crippen molar-refractivity contribution in [3.8, 4) is 0 Å². The highest BCUT2D eigenvalue weighted by atomic mass is 19.4. The Bertz CT molecular complexity index is 366. The van der Waals surface area contributed by atoms with E-state index in [0.29, 0.717) is 12.0 Å². The van der Waals surface area contributed by atoms with Gasteiger partial charge in [-0.1, -0.05) is 0 Å². The van der Waals surface area contributed by atoms with Gasteiger partial charge in [0.15, 0.2) is 0 Å². The van der Waals surface area contributed by atoms with Crippen LogP contribution in [0.25, 0.3) is 0 Å². The number of hydrogen-bond donors (Lipinski definition) is 1. The zero-order valence-corrected chi connectivity index (χ0v) is 9.01. The van der Waals surface area contributed by atoms with E-state index in [9.17, 15) is 13.2 Å². The monoisotopic (exact) mass is 233 g/mol. The van der Waals surface area contributed by atoms with Gasteiger partial charge in [0.2, 0.25) is 5.95 Å². The second-order valence-corrected chi connectivity index (χ2v) is 4.18. The predicted molar refractivity (Wildman–Crippen MR) is 54.3 cm³/mol. The van der Waals surface area contributed by atoms with Gasteiger partial charge in [0.05, 0.1) is 12.1 Å². The Morgan fingerprint density at radius 2 is 2.19 bits per heavy atom. The molecule has 1 N–H and O–H groups in total. The van der Waals surface area contributed by atoms with Gasteiger partial charge in [-0.3, -0.25) is 0 Å². The van der Waals surface area contributed by atoms with Crippen LogP contribution in [-0.4, -0.2) is 21.8 Å². The Morgan fingerprint density at radius 1 is 1.50 bits per heavy atom. The van der Waals surface area contributed by atoms with E-state index in [1.165, 1.54) is 0 Å². The second-order valence-electron chi connectivity index (χ2n) is 4.18. The summed E-state index contributed by atoms with van der Waals surface area (Å²) in [5.74, 6) is 0.559. The van der Waals surface area contributed by atoms with Crippen LogP contribution < -0.4 is 5.32 Å². The summed E-state index contributed by atoms with van der Waals surface area (Å²) in [7, 11) is 0. The molecule has 0 amide bonds. The van der Waals surface area contributed by atoms with E-state index < -0.39 is 12.6 Å². The van der Waals surface area contributed by atoms with E-state index in [1.54, 1.807) is 17.7 Å². The number of aryl methyl sites for hydroxylation is 2. The molecule has 0 saturated heterocycles. The van der Waals surface area contributed by atoms with E-state index in [1.807, 2.05) is 0 Å². The van der Waals surface area contributed by atoms with E-state index in [4.69, 9.17) is 0 Å². The third-order valence-electron chi connectivity index (χ3n) is 2.44. The first-order chi connectivity index (χ1) is 7.44. The smallest absolute Gasteiger partial charge is 0.353 e. The van der Waals surface area contributed by atoms with Crippen LogP contribution in [0.3, 0.4) is 0 Å². The quantitative estimate of drug-likeness (QED) is 0.866. The van der Waals surface area contributed by atoms with E-state index in [0.717, 1.165) is 18.5 Å². The van der Waals surface area contributed by atoms with E-state index in [-0.39, 0.29) is 6.54 Å². The van der Waals surface area contributed by atoms with Gasteiger partial charge in [-0.2, -0.15) is 13.2 Å². The van der Waals surface area contributed by atoms with Gasteiger partial charge < -0.3 is 9.88 Å². The summed E-state index contributed by atoms with van der Waals surface area (Å²) in [6.07, 6.45) is -1.13. The van der Waals surface area contributed by atoms with Gasteiger partial charge in [-0.05, 0) is 19.8 Å². The number of hydrogen-bond acceptors (Lipinski definition) is 2. The number of nitrogens with zero attached hydrogens (tertiary/aromatic N) is 2. The fraction of sp³-hybridized carbons (Fsp3) is 0.700. The van der Waals surface area contributed by atoms with Crippen LogP contribution in [0.2, 0.25) is 0 Å². The minimum atomic E-state index is -4.12. The lowest BCUT2D eigenvalue weighted by molar-refractivity contribution is -0.136. The molecule has 0 spiro atoms. The number of anilines is 1. The molecule has 2 rings (SSSR count). The van der Waals surface area contributed by atoms with Gasteiger partial charge in [0.1, 0.15) is 0 Å². The molecule has 1 aliphatic rings. The lowest BCUT2D eigenvalue weighted by Crippen LogP contribution is -2.14. The fourth-order valence-electron chi connectivity index (χ4n) is 1.49. The largest absolute Gasteiger partial charge is 0.390 e. The average molecular weight is 233 g/mol. The first-order valence-corrected chi connectivity index (χ1v) is 5.31. The fourth-order valence-corrected chi connectivity index (χ4v) is 1.49.